The van der Waals surface area contributed by atoms with Gasteiger partial charge in [-0.2, -0.15) is 0 Å². The minimum absolute atomic E-state index is 0.0887. The van der Waals surface area contributed by atoms with Gasteiger partial charge in [0.1, 0.15) is 6.61 Å². The van der Waals surface area contributed by atoms with Crippen molar-refractivity contribution < 1.29 is 14.6 Å². The highest BCUT2D eigenvalue weighted by Gasteiger charge is 2.45. The van der Waals surface area contributed by atoms with Crippen molar-refractivity contribution >= 4 is 46.2 Å². The predicted octanol–water partition coefficient (Wildman–Crippen LogP) is 5.56. The van der Waals surface area contributed by atoms with E-state index < -0.39 is 11.6 Å². The molecular weight excluding hydrogens is 548 g/mol. The van der Waals surface area contributed by atoms with Crippen LogP contribution < -0.4 is 11.3 Å². The van der Waals surface area contributed by atoms with Crippen LogP contribution in [0.1, 0.15) is 35.6 Å². The van der Waals surface area contributed by atoms with Crippen molar-refractivity contribution in [2.75, 3.05) is 5.73 Å². The Balaban J connectivity index is 1.37. The van der Waals surface area contributed by atoms with Gasteiger partial charge in [0.15, 0.2) is 5.60 Å². The fourth-order valence-electron chi connectivity index (χ4n) is 5.65. The molecule has 1 atom stereocenters. The van der Waals surface area contributed by atoms with Gasteiger partial charge in [-0.3, -0.25) is 9.79 Å². The Morgan fingerprint density at radius 1 is 1.07 bits per heavy atom. The Labute approximate surface area is 245 Å². The largest absolute Gasteiger partial charge is 0.458 e. The zero-order valence-corrected chi connectivity index (χ0v) is 23.5. The maximum atomic E-state index is 13.7. The van der Waals surface area contributed by atoms with Crippen LogP contribution in [0.4, 0.5) is 11.4 Å². The molecule has 4 heterocycles. The molecule has 0 saturated carbocycles. The number of hydrogen-bond donors (Lipinski definition) is 2. The SMILES string of the molecule is CC[C@@]1(O)C(=O)OCc2c1cc1n(c2=O)Cc2c-1nc1ccccc1c2C=Nc1ccccc1Sc1ccc(N)cc1. The molecule has 0 aliphatic carbocycles. The Kier molecular flexibility index (Phi) is 6.22. The summed E-state index contributed by atoms with van der Waals surface area (Å²) in [6.07, 6.45) is 1.93. The maximum Gasteiger partial charge on any atom is 0.343 e. The van der Waals surface area contributed by atoms with Gasteiger partial charge < -0.3 is 20.1 Å². The van der Waals surface area contributed by atoms with Gasteiger partial charge in [0.05, 0.1) is 34.7 Å². The lowest BCUT2D eigenvalue weighted by molar-refractivity contribution is -0.172. The number of nitrogen functional groups attached to an aromatic ring is 1. The molecule has 7 rings (SSSR count). The van der Waals surface area contributed by atoms with Crippen LogP contribution in [0.5, 0.6) is 0 Å². The summed E-state index contributed by atoms with van der Waals surface area (Å²) in [6.45, 7) is 1.81. The second kappa shape index (κ2) is 9.97. The number of benzene rings is 3. The molecule has 2 aliphatic heterocycles. The van der Waals surface area contributed by atoms with E-state index in [9.17, 15) is 14.7 Å². The van der Waals surface area contributed by atoms with E-state index in [4.69, 9.17) is 20.4 Å². The second-order valence-corrected chi connectivity index (χ2v) is 11.5. The molecule has 2 aliphatic rings. The van der Waals surface area contributed by atoms with Crippen molar-refractivity contribution in [1.82, 2.24) is 9.55 Å². The maximum absolute atomic E-state index is 13.7. The molecule has 0 fully saturated rings. The van der Waals surface area contributed by atoms with Crippen molar-refractivity contribution in [3.8, 4) is 11.4 Å². The average molecular weight is 575 g/mol. The molecule has 0 amide bonds. The monoisotopic (exact) mass is 574 g/mol. The summed E-state index contributed by atoms with van der Waals surface area (Å²) in [6, 6.07) is 25.2. The van der Waals surface area contributed by atoms with Gasteiger partial charge >= 0.3 is 5.97 Å². The number of fused-ring (bicyclic) bond motifs is 5. The van der Waals surface area contributed by atoms with E-state index in [-0.39, 0.29) is 25.1 Å². The summed E-state index contributed by atoms with van der Waals surface area (Å²) in [7, 11) is 0. The third-order valence-corrected chi connectivity index (χ3v) is 9.02. The number of ether oxygens (including phenoxy) is 1. The molecule has 5 aromatic rings. The Morgan fingerprint density at radius 2 is 1.83 bits per heavy atom. The van der Waals surface area contributed by atoms with Gasteiger partial charge in [0.2, 0.25) is 0 Å². The fourth-order valence-corrected chi connectivity index (χ4v) is 6.55. The molecule has 0 unspecified atom stereocenters. The lowest BCUT2D eigenvalue weighted by Gasteiger charge is -2.31. The number of carbonyl (C=O) groups excluding carboxylic acids is 1. The van der Waals surface area contributed by atoms with Crippen LogP contribution in [-0.2, 0) is 28.3 Å². The summed E-state index contributed by atoms with van der Waals surface area (Å²) < 4.78 is 6.86. The van der Waals surface area contributed by atoms with Gasteiger partial charge in [-0.25, -0.2) is 9.78 Å². The number of nitrogens with two attached hydrogens (primary N) is 1. The van der Waals surface area contributed by atoms with Crippen LogP contribution in [-0.4, -0.2) is 26.8 Å². The molecule has 3 aromatic carbocycles. The van der Waals surface area contributed by atoms with Crippen molar-refractivity contribution in [2.24, 2.45) is 4.99 Å². The number of carbonyl (C=O) groups is 1. The van der Waals surface area contributed by atoms with Crippen molar-refractivity contribution in [1.29, 1.82) is 0 Å². The summed E-state index contributed by atoms with van der Waals surface area (Å²) in [5.41, 5.74) is 9.47. The summed E-state index contributed by atoms with van der Waals surface area (Å²) >= 11 is 1.60. The lowest BCUT2D eigenvalue weighted by Crippen LogP contribution is -2.44. The highest BCUT2D eigenvalue weighted by atomic mass is 32.2. The third-order valence-electron chi connectivity index (χ3n) is 7.94. The number of aromatic nitrogens is 2. The van der Waals surface area contributed by atoms with Crippen LogP contribution in [0.3, 0.4) is 0 Å². The quantitative estimate of drug-likeness (QED) is 0.157. The van der Waals surface area contributed by atoms with Crippen LogP contribution >= 0.6 is 11.8 Å². The normalized spacial score (nSPS) is 17.2. The zero-order chi connectivity index (χ0) is 29.0. The second-order valence-electron chi connectivity index (χ2n) is 10.4. The van der Waals surface area contributed by atoms with E-state index in [1.807, 2.05) is 79.0 Å². The number of cyclic esters (lactones) is 1. The first kappa shape index (κ1) is 26.2. The molecule has 0 spiro atoms. The summed E-state index contributed by atoms with van der Waals surface area (Å²) in [4.78, 5) is 38.2. The van der Waals surface area contributed by atoms with E-state index >= 15 is 0 Å². The van der Waals surface area contributed by atoms with Gasteiger partial charge in [0, 0.05) is 43.8 Å². The third kappa shape index (κ3) is 4.12. The minimum Gasteiger partial charge on any atom is -0.458 e. The first-order valence-electron chi connectivity index (χ1n) is 13.6. The van der Waals surface area contributed by atoms with Gasteiger partial charge in [-0.1, -0.05) is 49.0 Å². The number of pyridine rings is 2. The molecule has 0 saturated heterocycles. The van der Waals surface area contributed by atoms with E-state index in [1.54, 1.807) is 29.3 Å². The Bertz CT molecular complexity index is 2000. The molecule has 0 radical (unpaired) electrons. The number of hydrogen-bond acceptors (Lipinski definition) is 8. The molecule has 208 valence electrons. The van der Waals surface area contributed by atoms with Gasteiger partial charge in [-0.15, -0.1) is 0 Å². The minimum atomic E-state index is -1.88. The van der Waals surface area contributed by atoms with E-state index in [2.05, 4.69) is 0 Å². The predicted molar refractivity (Wildman–Crippen MR) is 163 cm³/mol. The summed E-state index contributed by atoms with van der Waals surface area (Å²) in [5.74, 6) is -0.741. The van der Waals surface area contributed by atoms with E-state index in [0.717, 1.165) is 37.5 Å². The number of para-hydroxylation sites is 2. The zero-order valence-electron chi connectivity index (χ0n) is 22.7. The van der Waals surface area contributed by atoms with Crippen molar-refractivity contribution in [2.45, 2.75) is 41.9 Å². The molecule has 8 nitrogen and oxygen atoms in total. The number of rotatable bonds is 5. The Morgan fingerprint density at radius 3 is 2.64 bits per heavy atom. The number of anilines is 1. The Hall–Kier alpha value is -4.73. The first-order valence-corrected chi connectivity index (χ1v) is 14.4. The molecule has 2 aromatic heterocycles. The lowest BCUT2D eigenvalue weighted by atomic mass is 9.86. The first-order chi connectivity index (χ1) is 20.4. The van der Waals surface area contributed by atoms with Gasteiger partial charge in [0.25, 0.3) is 5.56 Å². The smallest absolute Gasteiger partial charge is 0.343 e. The summed E-state index contributed by atoms with van der Waals surface area (Å²) in [5, 5.41) is 12.1. The molecule has 3 N–H and O–H groups in total. The number of aliphatic imine (C=N–C) groups is 1. The van der Waals surface area contributed by atoms with E-state index in [0.29, 0.717) is 28.2 Å². The average Bonchev–Trinajstić information content (AvgIpc) is 3.38. The molecule has 9 heteroatoms. The van der Waals surface area contributed by atoms with Gasteiger partial charge in [-0.05, 0) is 55.0 Å². The molecule has 0 bridgehead atoms. The highest BCUT2D eigenvalue weighted by molar-refractivity contribution is 7.99. The molecule has 42 heavy (non-hydrogen) atoms. The van der Waals surface area contributed by atoms with Crippen molar-refractivity contribution in [3.05, 3.63) is 111 Å². The highest BCUT2D eigenvalue weighted by Crippen LogP contribution is 2.40. The number of esters is 1. The van der Waals surface area contributed by atoms with Crippen LogP contribution in [0.2, 0.25) is 0 Å². The van der Waals surface area contributed by atoms with Crippen LogP contribution in [0, 0.1) is 0 Å². The van der Waals surface area contributed by atoms with Crippen LogP contribution in [0.25, 0.3) is 22.3 Å². The fraction of sp³-hybridized carbons (Fsp3) is 0.152. The standard InChI is InChI=1S/C33H26N4O4S/c1-2-33(40)25-15-28-30-23(17-37(28)31(38)24(25)18-41-32(33)39)22(21-7-3-4-8-26(21)36-30)16-35-27-9-5-6-10-29(27)42-20-13-11-19(34)12-14-20/h3-16,40H,2,17-18,34H2,1H3/t33-/m0/s1. The van der Waals surface area contributed by atoms with Crippen molar-refractivity contribution in [3.63, 3.8) is 0 Å². The molecular formula is C33H26N4O4S. The topological polar surface area (TPSA) is 120 Å². The van der Waals surface area contributed by atoms with Crippen LogP contribution in [0.15, 0.2) is 98.4 Å². The number of nitrogens with zero attached hydrogens (tertiary/aromatic N) is 3. The van der Waals surface area contributed by atoms with E-state index in [1.165, 1.54) is 0 Å². The number of aliphatic hydroxyl groups is 1.